The molecule has 2 heterocycles. The number of rotatable bonds is 3. The Labute approximate surface area is 115 Å². The van der Waals surface area contributed by atoms with E-state index in [1.165, 1.54) is 0 Å². The second-order valence-electron chi connectivity index (χ2n) is 4.52. The lowest BCUT2D eigenvalue weighted by atomic mass is 10.1. The average Bonchev–Trinajstić information content (AvgIpc) is 2.93. The van der Waals surface area contributed by atoms with Crippen LogP contribution in [0.3, 0.4) is 0 Å². The Morgan fingerprint density at radius 1 is 1.11 bits per heavy atom. The molecule has 4 nitrogen and oxygen atoms in total. The summed E-state index contributed by atoms with van der Waals surface area (Å²) in [5.74, 6) is 1.64. The van der Waals surface area contributed by atoms with E-state index in [1.807, 2.05) is 26.0 Å². The quantitative estimate of drug-likeness (QED) is 0.733. The molecule has 100 valence electrons. The van der Waals surface area contributed by atoms with Crippen LogP contribution in [0.4, 0.5) is 0 Å². The minimum Gasteiger partial charge on any atom is -0.461 e. The molecule has 0 bridgehead atoms. The summed E-state index contributed by atoms with van der Waals surface area (Å²) in [7, 11) is 1.58. The second-order valence-corrected chi connectivity index (χ2v) is 4.90. The number of furan rings is 2. The molecule has 0 aliphatic carbocycles. The molecular weight excluding hydrogens is 266 g/mol. The highest BCUT2D eigenvalue weighted by molar-refractivity contribution is 6.40. The summed E-state index contributed by atoms with van der Waals surface area (Å²) in [6.45, 7) is 4.32. The van der Waals surface area contributed by atoms with Gasteiger partial charge < -0.3 is 13.7 Å². The number of benzene rings is 1. The molecule has 0 radical (unpaired) electrons. The number of halogens is 1. The van der Waals surface area contributed by atoms with Crippen molar-refractivity contribution in [3.8, 4) is 0 Å². The van der Waals surface area contributed by atoms with Crippen molar-refractivity contribution in [1.29, 1.82) is 0 Å². The van der Waals surface area contributed by atoms with E-state index in [4.69, 9.17) is 25.3 Å². The van der Waals surface area contributed by atoms with Gasteiger partial charge in [-0.3, -0.25) is 0 Å². The summed E-state index contributed by atoms with van der Waals surface area (Å²) >= 11 is 6.40. The zero-order valence-corrected chi connectivity index (χ0v) is 11.7. The van der Waals surface area contributed by atoms with Gasteiger partial charge >= 0.3 is 0 Å². The van der Waals surface area contributed by atoms with E-state index >= 15 is 0 Å². The van der Waals surface area contributed by atoms with Crippen molar-refractivity contribution < 1.29 is 13.7 Å². The SMILES string of the molecule is CONCc1c2cc(C)oc2c(Cl)c2cc(C)oc12. The van der Waals surface area contributed by atoms with Crippen molar-refractivity contribution in [3.05, 3.63) is 34.2 Å². The van der Waals surface area contributed by atoms with Gasteiger partial charge in [0.05, 0.1) is 18.7 Å². The lowest BCUT2D eigenvalue weighted by Gasteiger charge is -2.06. The summed E-state index contributed by atoms with van der Waals surface area (Å²) in [6, 6.07) is 3.89. The Morgan fingerprint density at radius 2 is 1.74 bits per heavy atom. The Kier molecular flexibility index (Phi) is 3.01. The molecule has 0 atom stereocenters. The van der Waals surface area contributed by atoms with E-state index in [0.717, 1.165) is 33.4 Å². The zero-order valence-electron chi connectivity index (χ0n) is 11.0. The van der Waals surface area contributed by atoms with Crippen LogP contribution in [0.1, 0.15) is 17.1 Å². The van der Waals surface area contributed by atoms with Gasteiger partial charge in [0.25, 0.3) is 0 Å². The third kappa shape index (κ3) is 1.92. The Hall–Kier alpha value is -1.49. The van der Waals surface area contributed by atoms with Gasteiger partial charge in [0, 0.05) is 16.3 Å². The largest absolute Gasteiger partial charge is 0.461 e. The fourth-order valence-corrected chi connectivity index (χ4v) is 2.65. The molecule has 0 saturated carbocycles. The standard InChI is InChI=1S/C14H14ClNO3/c1-7-4-9-11(6-16-17-3)13-10(5-8(2)18-13)12(15)14(9)19-7/h4-5,16H,6H2,1-3H3. The van der Waals surface area contributed by atoms with Crippen molar-refractivity contribution in [2.24, 2.45) is 0 Å². The summed E-state index contributed by atoms with van der Waals surface area (Å²) in [6.07, 6.45) is 0. The summed E-state index contributed by atoms with van der Waals surface area (Å²) in [5, 5.41) is 2.42. The molecule has 0 amide bonds. The molecule has 0 aliphatic rings. The Morgan fingerprint density at radius 3 is 2.42 bits per heavy atom. The second kappa shape index (κ2) is 4.56. The molecule has 1 N–H and O–H groups in total. The number of hydrogen-bond acceptors (Lipinski definition) is 4. The lowest BCUT2D eigenvalue weighted by Crippen LogP contribution is -2.11. The molecule has 1 aromatic carbocycles. The van der Waals surface area contributed by atoms with Gasteiger partial charge in [0.15, 0.2) is 5.58 Å². The topological polar surface area (TPSA) is 47.5 Å². The first-order valence-corrected chi connectivity index (χ1v) is 6.36. The first kappa shape index (κ1) is 12.5. The highest BCUT2D eigenvalue weighted by atomic mass is 35.5. The smallest absolute Gasteiger partial charge is 0.154 e. The fraction of sp³-hybridized carbons (Fsp3) is 0.286. The molecule has 0 fully saturated rings. The van der Waals surface area contributed by atoms with E-state index in [9.17, 15) is 0 Å². The monoisotopic (exact) mass is 279 g/mol. The predicted octanol–water partition coefficient (Wildman–Crippen LogP) is 4.10. The molecule has 0 saturated heterocycles. The highest BCUT2D eigenvalue weighted by Gasteiger charge is 2.19. The van der Waals surface area contributed by atoms with Crippen molar-refractivity contribution in [3.63, 3.8) is 0 Å². The van der Waals surface area contributed by atoms with Crippen molar-refractivity contribution in [2.45, 2.75) is 20.4 Å². The number of nitrogens with one attached hydrogen (secondary N) is 1. The van der Waals surface area contributed by atoms with Gasteiger partial charge in [-0.2, -0.15) is 5.48 Å². The maximum Gasteiger partial charge on any atom is 0.154 e. The molecule has 3 aromatic rings. The molecule has 0 unspecified atom stereocenters. The molecule has 5 heteroatoms. The van der Waals surface area contributed by atoms with E-state index in [0.29, 0.717) is 17.2 Å². The van der Waals surface area contributed by atoms with Gasteiger partial charge in [0.2, 0.25) is 0 Å². The minimum absolute atomic E-state index is 0.520. The normalized spacial score (nSPS) is 11.8. The fourth-order valence-electron chi connectivity index (χ4n) is 2.37. The van der Waals surface area contributed by atoms with E-state index in [-0.39, 0.29) is 0 Å². The van der Waals surface area contributed by atoms with Gasteiger partial charge in [-0.15, -0.1) is 0 Å². The Balaban J connectivity index is 2.40. The first-order valence-electron chi connectivity index (χ1n) is 5.98. The number of hydroxylamine groups is 1. The van der Waals surface area contributed by atoms with Crippen LogP contribution in [-0.4, -0.2) is 7.11 Å². The summed E-state index contributed by atoms with van der Waals surface area (Å²) in [4.78, 5) is 4.93. The minimum atomic E-state index is 0.520. The van der Waals surface area contributed by atoms with Crippen LogP contribution in [0.5, 0.6) is 0 Å². The van der Waals surface area contributed by atoms with Crippen molar-refractivity contribution in [1.82, 2.24) is 5.48 Å². The van der Waals surface area contributed by atoms with Gasteiger partial charge in [-0.1, -0.05) is 11.6 Å². The van der Waals surface area contributed by atoms with Crippen LogP contribution in [0.2, 0.25) is 5.02 Å². The molecular formula is C14H14ClNO3. The van der Waals surface area contributed by atoms with E-state index in [1.54, 1.807) is 7.11 Å². The van der Waals surface area contributed by atoms with Gasteiger partial charge in [0.1, 0.15) is 17.1 Å². The Bertz CT molecular complexity index is 699. The maximum absolute atomic E-state index is 6.40. The number of aryl methyl sites for hydroxylation is 2. The summed E-state index contributed by atoms with van der Waals surface area (Å²) < 4.78 is 11.5. The van der Waals surface area contributed by atoms with Gasteiger partial charge in [-0.25, -0.2) is 0 Å². The van der Waals surface area contributed by atoms with E-state index in [2.05, 4.69) is 5.48 Å². The van der Waals surface area contributed by atoms with Crippen LogP contribution < -0.4 is 5.48 Å². The first-order chi connectivity index (χ1) is 9.11. The van der Waals surface area contributed by atoms with Crippen molar-refractivity contribution in [2.75, 3.05) is 7.11 Å². The third-order valence-corrected chi connectivity index (χ3v) is 3.51. The zero-order chi connectivity index (χ0) is 13.6. The third-order valence-electron chi connectivity index (χ3n) is 3.14. The molecule has 2 aromatic heterocycles. The summed E-state index contributed by atoms with van der Waals surface area (Å²) in [5.41, 5.74) is 5.30. The van der Waals surface area contributed by atoms with Gasteiger partial charge in [-0.05, 0) is 26.0 Å². The number of hydrogen-bond donors (Lipinski definition) is 1. The lowest BCUT2D eigenvalue weighted by molar-refractivity contribution is 0.0871. The van der Waals surface area contributed by atoms with Crippen LogP contribution in [0.15, 0.2) is 21.0 Å². The maximum atomic E-state index is 6.40. The van der Waals surface area contributed by atoms with Crippen LogP contribution in [-0.2, 0) is 11.4 Å². The van der Waals surface area contributed by atoms with Crippen molar-refractivity contribution >= 4 is 33.5 Å². The molecule has 3 rings (SSSR count). The molecule has 0 aliphatic heterocycles. The van der Waals surface area contributed by atoms with E-state index < -0.39 is 0 Å². The number of fused-ring (bicyclic) bond motifs is 2. The predicted molar refractivity (Wildman–Crippen MR) is 74.3 cm³/mol. The van der Waals surface area contributed by atoms with Crippen LogP contribution in [0.25, 0.3) is 21.9 Å². The van der Waals surface area contributed by atoms with Crippen LogP contribution in [0, 0.1) is 13.8 Å². The average molecular weight is 280 g/mol. The van der Waals surface area contributed by atoms with Crippen LogP contribution >= 0.6 is 11.6 Å². The molecule has 19 heavy (non-hydrogen) atoms. The highest BCUT2D eigenvalue weighted by Crippen LogP contribution is 2.39. The molecule has 0 spiro atoms.